The van der Waals surface area contributed by atoms with Gasteiger partial charge in [-0.25, -0.2) is 9.38 Å². The standard InChI is InChI=1S/C16H18FN3O/c1-11-3-5-14(6-4-11)20-16(18)19-10-12-7-13(17)9-15(8-12)21-2/h3-9H,10H2,1-2H3,(H3,18,19,20). The van der Waals surface area contributed by atoms with Crippen LogP contribution in [0, 0.1) is 12.7 Å². The van der Waals surface area contributed by atoms with E-state index >= 15 is 0 Å². The second kappa shape index (κ2) is 6.74. The van der Waals surface area contributed by atoms with Gasteiger partial charge in [0.1, 0.15) is 11.6 Å². The SMILES string of the molecule is COc1cc(F)cc(CN=C(N)Nc2ccc(C)cc2)c1. The number of guanidine groups is 1. The molecule has 2 aromatic rings. The van der Waals surface area contributed by atoms with E-state index in [0.29, 0.717) is 11.3 Å². The van der Waals surface area contributed by atoms with E-state index in [-0.39, 0.29) is 18.3 Å². The summed E-state index contributed by atoms with van der Waals surface area (Å²) in [6, 6.07) is 12.3. The summed E-state index contributed by atoms with van der Waals surface area (Å²) in [6.45, 7) is 2.29. The molecule has 0 spiro atoms. The van der Waals surface area contributed by atoms with Crippen molar-refractivity contribution in [2.24, 2.45) is 10.7 Å². The Morgan fingerprint density at radius 1 is 1.24 bits per heavy atom. The maximum Gasteiger partial charge on any atom is 0.193 e. The number of halogens is 1. The van der Waals surface area contributed by atoms with Crippen molar-refractivity contribution in [3.63, 3.8) is 0 Å². The first-order chi connectivity index (χ1) is 10.1. The summed E-state index contributed by atoms with van der Waals surface area (Å²) in [5.74, 6) is 0.386. The van der Waals surface area contributed by atoms with Crippen molar-refractivity contribution >= 4 is 11.6 Å². The molecule has 110 valence electrons. The number of aryl methyl sites for hydroxylation is 1. The molecule has 0 atom stereocenters. The van der Waals surface area contributed by atoms with E-state index in [9.17, 15) is 4.39 Å². The van der Waals surface area contributed by atoms with Crippen molar-refractivity contribution in [1.29, 1.82) is 0 Å². The fraction of sp³-hybridized carbons (Fsp3) is 0.188. The minimum absolute atomic E-state index is 0.277. The fourth-order valence-electron chi connectivity index (χ4n) is 1.83. The van der Waals surface area contributed by atoms with Crippen LogP contribution in [0.25, 0.3) is 0 Å². The number of nitrogens with one attached hydrogen (secondary N) is 1. The second-order valence-electron chi connectivity index (χ2n) is 4.69. The summed E-state index contributed by atoms with van der Waals surface area (Å²) in [6.07, 6.45) is 0. The average Bonchev–Trinajstić information content (AvgIpc) is 2.47. The first-order valence-electron chi connectivity index (χ1n) is 6.54. The molecule has 0 aliphatic carbocycles. The second-order valence-corrected chi connectivity index (χ2v) is 4.69. The van der Waals surface area contributed by atoms with Gasteiger partial charge >= 0.3 is 0 Å². The quantitative estimate of drug-likeness (QED) is 0.671. The molecule has 0 heterocycles. The third-order valence-corrected chi connectivity index (χ3v) is 2.92. The number of ether oxygens (including phenoxy) is 1. The van der Waals surface area contributed by atoms with E-state index in [1.165, 1.54) is 24.8 Å². The Balaban J connectivity index is 2.03. The number of methoxy groups -OCH3 is 1. The van der Waals surface area contributed by atoms with Crippen molar-refractivity contribution in [2.75, 3.05) is 12.4 Å². The Morgan fingerprint density at radius 3 is 2.62 bits per heavy atom. The molecule has 0 amide bonds. The molecule has 0 aliphatic heterocycles. The van der Waals surface area contributed by atoms with Crippen LogP contribution in [0.15, 0.2) is 47.5 Å². The first kappa shape index (κ1) is 14.8. The van der Waals surface area contributed by atoms with Gasteiger partial charge in [0.25, 0.3) is 0 Å². The van der Waals surface area contributed by atoms with E-state index in [1.807, 2.05) is 31.2 Å². The Bertz CT molecular complexity index is 638. The number of rotatable bonds is 4. The summed E-state index contributed by atoms with van der Waals surface area (Å²) in [7, 11) is 1.50. The third-order valence-electron chi connectivity index (χ3n) is 2.92. The average molecular weight is 287 g/mol. The fourth-order valence-corrected chi connectivity index (χ4v) is 1.83. The van der Waals surface area contributed by atoms with E-state index in [2.05, 4.69) is 10.3 Å². The predicted molar refractivity (Wildman–Crippen MR) is 83.1 cm³/mol. The molecular weight excluding hydrogens is 269 g/mol. The lowest BCUT2D eigenvalue weighted by Crippen LogP contribution is -2.22. The predicted octanol–water partition coefficient (Wildman–Crippen LogP) is 3.07. The molecular formula is C16H18FN3O. The molecule has 0 radical (unpaired) electrons. The molecule has 0 bridgehead atoms. The van der Waals surface area contributed by atoms with Gasteiger partial charge in [-0.05, 0) is 36.8 Å². The Hall–Kier alpha value is -2.56. The number of nitrogens with two attached hydrogens (primary N) is 1. The lowest BCUT2D eigenvalue weighted by Gasteiger charge is -2.07. The van der Waals surface area contributed by atoms with Gasteiger partial charge in [0.15, 0.2) is 5.96 Å². The van der Waals surface area contributed by atoms with Crippen LogP contribution in [0.1, 0.15) is 11.1 Å². The monoisotopic (exact) mass is 287 g/mol. The molecule has 2 aromatic carbocycles. The Kier molecular flexibility index (Phi) is 4.77. The smallest absolute Gasteiger partial charge is 0.193 e. The van der Waals surface area contributed by atoms with Gasteiger partial charge in [0, 0.05) is 11.8 Å². The van der Waals surface area contributed by atoms with E-state index in [1.54, 1.807) is 6.07 Å². The zero-order valence-corrected chi connectivity index (χ0v) is 12.1. The van der Waals surface area contributed by atoms with Crippen molar-refractivity contribution in [3.8, 4) is 5.75 Å². The van der Waals surface area contributed by atoms with Crippen molar-refractivity contribution in [3.05, 3.63) is 59.4 Å². The zero-order valence-electron chi connectivity index (χ0n) is 12.1. The van der Waals surface area contributed by atoms with Crippen LogP contribution in [0.4, 0.5) is 10.1 Å². The largest absolute Gasteiger partial charge is 0.497 e. The van der Waals surface area contributed by atoms with Crippen molar-refractivity contribution in [1.82, 2.24) is 0 Å². The summed E-state index contributed by atoms with van der Waals surface area (Å²) in [5.41, 5.74) is 8.54. The summed E-state index contributed by atoms with van der Waals surface area (Å²) in [4.78, 5) is 4.19. The van der Waals surface area contributed by atoms with Crippen LogP contribution in [0.3, 0.4) is 0 Å². The lowest BCUT2D eigenvalue weighted by molar-refractivity contribution is 0.410. The molecule has 2 rings (SSSR count). The van der Waals surface area contributed by atoms with Crippen LogP contribution >= 0.6 is 0 Å². The zero-order chi connectivity index (χ0) is 15.2. The van der Waals surface area contributed by atoms with Crippen LogP contribution in [-0.2, 0) is 6.54 Å². The highest BCUT2D eigenvalue weighted by atomic mass is 19.1. The third kappa shape index (κ3) is 4.49. The van der Waals surface area contributed by atoms with Gasteiger partial charge in [-0.3, -0.25) is 0 Å². The maximum absolute atomic E-state index is 13.3. The van der Waals surface area contributed by atoms with Crippen molar-refractivity contribution < 1.29 is 9.13 Å². The van der Waals surface area contributed by atoms with E-state index in [4.69, 9.17) is 10.5 Å². The molecule has 0 saturated carbocycles. The van der Waals surface area contributed by atoms with E-state index < -0.39 is 0 Å². The number of hydrogen-bond acceptors (Lipinski definition) is 2. The summed E-state index contributed by atoms with van der Waals surface area (Å²) >= 11 is 0. The van der Waals surface area contributed by atoms with Crippen LogP contribution in [-0.4, -0.2) is 13.1 Å². The Morgan fingerprint density at radius 2 is 1.95 bits per heavy atom. The molecule has 0 unspecified atom stereocenters. The van der Waals surface area contributed by atoms with Crippen LogP contribution < -0.4 is 15.8 Å². The number of hydrogen-bond donors (Lipinski definition) is 2. The molecule has 0 aliphatic rings. The number of nitrogens with zero attached hydrogens (tertiary/aromatic N) is 1. The molecule has 21 heavy (non-hydrogen) atoms. The maximum atomic E-state index is 13.3. The van der Waals surface area contributed by atoms with Gasteiger partial charge in [-0.1, -0.05) is 17.7 Å². The first-order valence-corrected chi connectivity index (χ1v) is 6.54. The Labute approximate surface area is 123 Å². The molecule has 4 nitrogen and oxygen atoms in total. The highest BCUT2D eigenvalue weighted by molar-refractivity contribution is 5.92. The van der Waals surface area contributed by atoms with Gasteiger partial charge in [0.2, 0.25) is 0 Å². The number of benzene rings is 2. The van der Waals surface area contributed by atoms with Crippen LogP contribution in [0.2, 0.25) is 0 Å². The van der Waals surface area contributed by atoms with E-state index in [0.717, 1.165) is 5.69 Å². The van der Waals surface area contributed by atoms with Crippen LogP contribution in [0.5, 0.6) is 5.75 Å². The number of anilines is 1. The minimum Gasteiger partial charge on any atom is -0.497 e. The lowest BCUT2D eigenvalue weighted by atomic mass is 10.2. The topological polar surface area (TPSA) is 59.6 Å². The highest BCUT2D eigenvalue weighted by Crippen LogP contribution is 2.16. The van der Waals surface area contributed by atoms with Gasteiger partial charge < -0.3 is 15.8 Å². The summed E-state index contributed by atoms with van der Waals surface area (Å²) < 4.78 is 18.4. The molecule has 3 N–H and O–H groups in total. The molecule has 0 fully saturated rings. The minimum atomic E-state index is -0.357. The van der Waals surface area contributed by atoms with Gasteiger partial charge in [0.05, 0.1) is 13.7 Å². The number of aliphatic imine (C=N–C) groups is 1. The van der Waals surface area contributed by atoms with Gasteiger partial charge in [-0.2, -0.15) is 0 Å². The molecule has 0 saturated heterocycles. The van der Waals surface area contributed by atoms with Crippen molar-refractivity contribution in [2.45, 2.75) is 13.5 Å². The molecule has 0 aromatic heterocycles. The normalized spacial score (nSPS) is 11.3. The highest BCUT2D eigenvalue weighted by Gasteiger charge is 2.01. The molecule has 5 heteroatoms. The van der Waals surface area contributed by atoms with Gasteiger partial charge in [-0.15, -0.1) is 0 Å². The summed E-state index contributed by atoms with van der Waals surface area (Å²) in [5, 5.41) is 2.99.